The number of aromatic nitrogens is 1. The second-order valence-electron chi connectivity index (χ2n) is 5.95. The minimum Gasteiger partial charge on any atom is -0.350 e. The molecule has 3 aromatic rings. The van der Waals surface area contributed by atoms with Gasteiger partial charge in [-0.2, -0.15) is 0 Å². The highest BCUT2D eigenvalue weighted by Crippen LogP contribution is 2.22. The molecule has 1 unspecified atom stereocenters. The smallest absolute Gasteiger partial charge is 0.261 e. The van der Waals surface area contributed by atoms with Crippen LogP contribution in [0.15, 0.2) is 46.6 Å². The summed E-state index contributed by atoms with van der Waals surface area (Å²) in [4.78, 5) is 30.3. The van der Waals surface area contributed by atoms with Crippen LogP contribution in [-0.2, 0) is 0 Å². The summed E-state index contributed by atoms with van der Waals surface area (Å²) in [6, 6.07) is 9.55. The van der Waals surface area contributed by atoms with Crippen molar-refractivity contribution >= 4 is 28.1 Å². The predicted octanol–water partition coefficient (Wildman–Crippen LogP) is 2.76. The van der Waals surface area contributed by atoms with Crippen LogP contribution < -0.4 is 10.9 Å². The molecular formula is C18H18FN3O2S. The number of fused-ring (bicyclic) bond motifs is 1. The summed E-state index contributed by atoms with van der Waals surface area (Å²) in [6.07, 6.45) is 0. The molecule has 0 fully saturated rings. The lowest BCUT2D eigenvalue weighted by Crippen LogP contribution is -2.36. The highest BCUT2D eigenvalue weighted by atomic mass is 32.1. The SMILES string of the molecule is CN(C)C(CNC(=O)c1cc2ccc(F)cc2[nH]c1=O)c1cccs1. The number of hydrogen-bond acceptors (Lipinski definition) is 4. The molecule has 2 aromatic heterocycles. The van der Waals surface area contributed by atoms with Gasteiger partial charge in [-0.05, 0) is 55.2 Å². The first-order valence-corrected chi connectivity index (χ1v) is 8.64. The van der Waals surface area contributed by atoms with Crippen LogP contribution in [-0.4, -0.2) is 36.4 Å². The van der Waals surface area contributed by atoms with Crippen molar-refractivity contribution in [1.29, 1.82) is 0 Å². The number of nitrogens with one attached hydrogen (secondary N) is 2. The van der Waals surface area contributed by atoms with Gasteiger partial charge in [0.1, 0.15) is 11.4 Å². The third-order valence-electron chi connectivity index (χ3n) is 4.00. The highest BCUT2D eigenvalue weighted by molar-refractivity contribution is 7.10. The number of halogens is 1. The first-order valence-electron chi connectivity index (χ1n) is 7.76. The van der Waals surface area contributed by atoms with Crippen LogP contribution in [0.3, 0.4) is 0 Å². The van der Waals surface area contributed by atoms with E-state index in [0.29, 0.717) is 17.4 Å². The minimum absolute atomic E-state index is 0.0165. The van der Waals surface area contributed by atoms with Gasteiger partial charge in [-0.15, -0.1) is 11.3 Å². The van der Waals surface area contributed by atoms with E-state index < -0.39 is 17.3 Å². The summed E-state index contributed by atoms with van der Waals surface area (Å²) < 4.78 is 13.2. The normalized spacial score (nSPS) is 12.5. The van der Waals surface area contributed by atoms with Gasteiger partial charge in [0.25, 0.3) is 11.5 Å². The van der Waals surface area contributed by atoms with Crippen molar-refractivity contribution < 1.29 is 9.18 Å². The zero-order valence-corrected chi connectivity index (χ0v) is 14.7. The maximum atomic E-state index is 13.2. The van der Waals surface area contributed by atoms with Crippen LogP contribution in [0.1, 0.15) is 21.3 Å². The van der Waals surface area contributed by atoms with E-state index in [2.05, 4.69) is 10.3 Å². The number of nitrogens with zero attached hydrogens (tertiary/aromatic N) is 1. The molecule has 1 amide bonds. The van der Waals surface area contributed by atoms with Crippen LogP contribution in [0.4, 0.5) is 4.39 Å². The van der Waals surface area contributed by atoms with Crippen molar-refractivity contribution in [2.24, 2.45) is 0 Å². The van der Waals surface area contributed by atoms with Gasteiger partial charge in [-0.1, -0.05) is 6.07 Å². The number of amides is 1. The number of thiophene rings is 1. The first-order chi connectivity index (χ1) is 12.0. The standard InChI is InChI=1S/C18H18FN3O2S/c1-22(2)15(16-4-3-7-25-16)10-20-17(23)13-8-11-5-6-12(19)9-14(11)21-18(13)24/h3-9,15H,10H2,1-2H3,(H,20,23)(H,21,24). The Morgan fingerprint density at radius 3 is 2.80 bits per heavy atom. The van der Waals surface area contributed by atoms with Crippen molar-refractivity contribution in [2.45, 2.75) is 6.04 Å². The second kappa shape index (κ2) is 7.16. The molecule has 0 aliphatic heterocycles. The molecule has 0 aliphatic carbocycles. The number of pyridine rings is 1. The van der Waals surface area contributed by atoms with E-state index in [1.807, 2.05) is 36.5 Å². The molecule has 0 radical (unpaired) electrons. The number of rotatable bonds is 5. The highest BCUT2D eigenvalue weighted by Gasteiger charge is 2.18. The molecule has 1 atom stereocenters. The van der Waals surface area contributed by atoms with Gasteiger partial charge in [0, 0.05) is 11.4 Å². The number of benzene rings is 1. The molecule has 5 nitrogen and oxygen atoms in total. The lowest BCUT2D eigenvalue weighted by molar-refractivity contribution is 0.0941. The van der Waals surface area contributed by atoms with Gasteiger partial charge in [0.2, 0.25) is 0 Å². The molecule has 2 heterocycles. The molecule has 0 saturated heterocycles. The topological polar surface area (TPSA) is 65.2 Å². The number of carbonyl (C=O) groups is 1. The van der Waals surface area contributed by atoms with Crippen molar-refractivity contribution in [3.8, 4) is 0 Å². The molecule has 0 saturated carbocycles. The van der Waals surface area contributed by atoms with Gasteiger partial charge in [-0.3, -0.25) is 9.59 Å². The Morgan fingerprint density at radius 1 is 1.32 bits per heavy atom. The van der Waals surface area contributed by atoms with Gasteiger partial charge in [0.15, 0.2) is 0 Å². The van der Waals surface area contributed by atoms with Crippen LogP contribution >= 0.6 is 11.3 Å². The van der Waals surface area contributed by atoms with Crippen molar-refractivity contribution in [1.82, 2.24) is 15.2 Å². The maximum absolute atomic E-state index is 13.2. The Balaban J connectivity index is 1.81. The Bertz CT molecular complexity index is 951. The molecule has 25 heavy (non-hydrogen) atoms. The Labute approximate surface area is 148 Å². The summed E-state index contributed by atoms with van der Waals surface area (Å²) in [5.74, 6) is -0.888. The monoisotopic (exact) mass is 359 g/mol. The fourth-order valence-electron chi connectivity index (χ4n) is 2.65. The number of hydrogen-bond donors (Lipinski definition) is 2. The van der Waals surface area contributed by atoms with E-state index in [1.165, 1.54) is 24.3 Å². The minimum atomic E-state index is -0.534. The quantitative estimate of drug-likeness (QED) is 0.736. The number of carbonyl (C=O) groups excluding carboxylic acids is 1. The number of likely N-dealkylation sites (N-methyl/N-ethyl adjacent to an activating group) is 1. The average molecular weight is 359 g/mol. The fourth-order valence-corrected chi connectivity index (χ4v) is 3.57. The molecule has 0 spiro atoms. The Hall–Kier alpha value is -2.51. The second-order valence-corrected chi connectivity index (χ2v) is 6.93. The van der Waals surface area contributed by atoms with Gasteiger partial charge in [-0.25, -0.2) is 4.39 Å². The molecule has 130 valence electrons. The summed E-state index contributed by atoms with van der Waals surface area (Å²) in [5, 5.41) is 5.41. The fraction of sp³-hybridized carbons (Fsp3) is 0.222. The zero-order chi connectivity index (χ0) is 18.0. The molecule has 0 bridgehead atoms. The van der Waals surface area contributed by atoms with Crippen LogP contribution in [0.25, 0.3) is 10.9 Å². The molecule has 0 aliphatic rings. The third-order valence-corrected chi connectivity index (χ3v) is 4.98. The summed E-state index contributed by atoms with van der Waals surface area (Å²) >= 11 is 1.62. The van der Waals surface area contributed by atoms with Gasteiger partial charge in [0.05, 0.1) is 11.6 Å². The van der Waals surface area contributed by atoms with E-state index in [1.54, 1.807) is 11.3 Å². The maximum Gasteiger partial charge on any atom is 0.261 e. The largest absolute Gasteiger partial charge is 0.350 e. The average Bonchev–Trinajstić information content (AvgIpc) is 3.08. The van der Waals surface area contributed by atoms with E-state index in [4.69, 9.17) is 0 Å². The molecule has 1 aromatic carbocycles. The van der Waals surface area contributed by atoms with Crippen molar-refractivity contribution in [3.05, 3.63) is 68.4 Å². The first kappa shape index (κ1) is 17.3. The summed E-state index contributed by atoms with van der Waals surface area (Å²) in [5.41, 5.74) is -0.151. The van der Waals surface area contributed by atoms with Crippen LogP contribution in [0, 0.1) is 5.82 Å². The van der Waals surface area contributed by atoms with Gasteiger partial charge >= 0.3 is 0 Å². The lowest BCUT2D eigenvalue weighted by atomic mass is 10.1. The van der Waals surface area contributed by atoms with Crippen molar-refractivity contribution in [2.75, 3.05) is 20.6 Å². The van der Waals surface area contributed by atoms with Crippen LogP contribution in [0.5, 0.6) is 0 Å². The lowest BCUT2D eigenvalue weighted by Gasteiger charge is -2.23. The van der Waals surface area contributed by atoms with Gasteiger partial charge < -0.3 is 15.2 Å². The molecule has 3 rings (SSSR count). The summed E-state index contributed by atoms with van der Waals surface area (Å²) in [7, 11) is 3.88. The molecule has 2 N–H and O–H groups in total. The van der Waals surface area contributed by atoms with Crippen molar-refractivity contribution in [3.63, 3.8) is 0 Å². The molecular weight excluding hydrogens is 341 g/mol. The van der Waals surface area contributed by atoms with E-state index >= 15 is 0 Å². The number of H-pyrrole nitrogens is 1. The predicted molar refractivity (Wildman–Crippen MR) is 97.6 cm³/mol. The van der Waals surface area contributed by atoms with E-state index in [-0.39, 0.29) is 11.6 Å². The zero-order valence-electron chi connectivity index (χ0n) is 13.9. The number of aromatic amines is 1. The molecule has 7 heteroatoms. The van der Waals surface area contributed by atoms with E-state index in [0.717, 1.165) is 4.88 Å². The Morgan fingerprint density at radius 2 is 2.12 bits per heavy atom. The Kier molecular flexibility index (Phi) is 4.96. The third kappa shape index (κ3) is 3.78. The van der Waals surface area contributed by atoms with E-state index in [9.17, 15) is 14.0 Å². The van der Waals surface area contributed by atoms with Crippen LogP contribution in [0.2, 0.25) is 0 Å². The summed E-state index contributed by atoms with van der Waals surface area (Å²) in [6.45, 7) is 0.382.